The van der Waals surface area contributed by atoms with Crippen LogP contribution in [0.15, 0.2) is 42.5 Å². The summed E-state index contributed by atoms with van der Waals surface area (Å²) in [4.78, 5) is 38.9. The molecule has 1 aliphatic heterocycles. The smallest absolute Gasteiger partial charge is 0.257 e. The summed E-state index contributed by atoms with van der Waals surface area (Å²) in [5.41, 5.74) is 4.20. The SMILES string of the molecule is Cc1cc(C)cc(N2C[C@@H](c3nnc(NC(=O)c4ccc(NC(=O)C(C)C)cc4)s3)CC2=O)c1. The van der Waals surface area contributed by atoms with Gasteiger partial charge < -0.3 is 10.2 Å². The molecule has 1 aromatic heterocycles. The van der Waals surface area contributed by atoms with Gasteiger partial charge in [-0.25, -0.2) is 0 Å². The van der Waals surface area contributed by atoms with Gasteiger partial charge in [0.1, 0.15) is 5.01 Å². The first-order chi connectivity index (χ1) is 16.2. The lowest BCUT2D eigenvalue weighted by molar-refractivity contribution is -0.119. The van der Waals surface area contributed by atoms with Crippen molar-refractivity contribution in [2.75, 3.05) is 22.1 Å². The van der Waals surface area contributed by atoms with Gasteiger partial charge in [0.25, 0.3) is 5.91 Å². The zero-order chi connectivity index (χ0) is 24.4. The summed E-state index contributed by atoms with van der Waals surface area (Å²) in [5, 5.41) is 15.0. The third-order valence-electron chi connectivity index (χ3n) is 5.59. The quantitative estimate of drug-likeness (QED) is 0.543. The van der Waals surface area contributed by atoms with Crippen LogP contribution in [0.25, 0.3) is 0 Å². The van der Waals surface area contributed by atoms with Crippen molar-refractivity contribution < 1.29 is 14.4 Å². The van der Waals surface area contributed by atoms with Crippen molar-refractivity contribution in [3.8, 4) is 0 Å². The fourth-order valence-corrected chi connectivity index (χ4v) is 4.67. The number of aryl methyl sites for hydroxylation is 2. The number of hydrogen-bond acceptors (Lipinski definition) is 6. The number of aromatic nitrogens is 2. The van der Waals surface area contributed by atoms with Gasteiger partial charge in [-0.2, -0.15) is 0 Å². The average molecular weight is 478 g/mol. The van der Waals surface area contributed by atoms with Crippen LogP contribution in [0.5, 0.6) is 0 Å². The largest absolute Gasteiger partial charge is 0.326 e. The summed E-state index contributed by atoms with van der Waals surface area (Å²) in [7, 11) is 0. The van der Waals surface area contributed by atoms with Crippen LogP contribution in [0.3, 0.4) is 0 Å². The number of nitrogens with one attached hydrogen (secondary N) is 2. The summed E-state index contributed by atoms with van der Waals surface area (Å²) >= 11 is 1.28. The van der Waals surface area contributed by atoms with Gasteiger partial charge in [0.2, 0.25) is 16.9 Å². The predicted molar refractivity (Wildman–Crippen MR) is 133 cm³/mol. The molecule has 2 N–H and O–H groups in total. The van der Waals surface area contributed by atoms with Gasteiger partial charge in [0, 0.05) is 41.7 Å². The summed E-state index contributed by atoms with van der Waals surface area (Å²) in [6.45, 7) is 8.20. The molecular formula is C25H27N5O3S. The monoisotopic (exact) mass is 477 g/mol. The van der Waals surface area contributed by atoms with Gasteiger partial charge in [0.05, 0.1) is 0 Å². The lowest BCUT2D eigenvalue weighted by Crippen LogP contribution is -2.24. The number of benzene rings is 2. The Balaban J connectivity index is 1.39. The van der Waals surface area contributed by atoms with E-state index in [1.165, 1.54) is 11.3 Å². The van der Waals surface area contributed by atoms with E-state index in [0.29, 0.717) is 29.3 Å². The summed E-state index contributed by atoms with van der Waals surface area (Å²) in [6.07, 6.45) is 0.360. The molecule has 4 rings (SSSR count). The highest BCUT2D eigenvalue weighted by molar-refractivity contribution is 7.15. The van der Waals surface area contributed by atoms with Crippen LogP contribution >= 0.6 is 11.3 Å². The van der Waals surface area contributed by atoms with E-state index in [4.69, 9.17) is 0 Å². The third-order valence-corrected chi connectivity index (χ3v) is 6.59. The highest BCUT2D eigenvalue weighted by Gasteiger charge is 2.34. The molecule has 0 unspecified atom stereocenters. The Morgan fingerprint density at radius 2 is 1.71 bits per heavy atom. The fourth-order valence-electron chi connectivity index (χ4n) is 3.84. The number of carbonyl (C=O) groups excluding carboxylic acids is 3. The van der Waals surface area contributed by atoms with E-state index in [1.807, 2.05) is 39.8 Å². The van der Waals surface area contributed by atoms with E-state index < -0.39 is 0 Å². The Labute approximate surface area is 202 Å². The minimum absolute atomic E-state index is 0.0560. The van der Waals surface area contributed by atoms with Crippen molar-refractivity contribution in [1.29, 1.82) is 0 Å². The molecule has 2 heterocycles. The number of carbonyl (C=O) groups is 3. The average Bonchev–Trinajstić information content (AvgIpc) is 3.40. The molecule has 3 amide bonds. The second kappa shape index (κ2) is 9.72. The Kier molecular flexibility index (Phi) is 6.74. The van der Waals surface area contributed by atoms with E-state index in [0.717, 1.165) is 21.8 Å². The predicted octanol–water partition coefficient (Wildman–Crippen LogP) is 4.52. The lowest BCUT2D eigenvalue weighted by Gasteiger charge is -2.17. The van der Waals surface area contributed by atoms with Gasteiger partial charge in [0.15, 0.2) is 0 Å². The van der Waals surface area contributed by atoms with Crippen molar-refractivity contribution in [3.63, 3.8) is 0 Å². The number of nitrogens with zero attached hydrogens (tertiary/aromatic N) is 3. The summed E-state index contributed by atoms with van der Waals surface area (Å²) in [6, 6.07) is 12.8. The fraction of sp³-hybridized carbons (Fsp3) is 0.320. The maximum atomic E-state index is 12.7. The van der Waals surface area contributed by atoms with Crippen LogP contribution in [0, 0.1) is 19.8 Å². The molecule has 9 heteroatoms. The van der Waals surface area contributed by atoms with Crippen molar-refractivity contribution in [2.45, 2.75) is 40.0 Å². The molecule has 0 aliphatic carbocycles. The van der Waals surface area contributed by atoms with Gasteiger partial charge in [-0.05, 0) is 61.4 Å². The molecule has 1 saturated heterocycles. The van der Waals surface area contributed by atoms with E-state index >= 15 is 0 Å². The highest BCUT2D eigenvalue weighted by Crippen LogP contribution is 2.35. The molecule has 176 valence electrons. The zero-order valence-electron chi connectivity index (χ0n) is 19.6. The van der Waals surface area contributed by atoms with Crippen LogP contribution in [0.2, 0.25) is 0 Å². The molecule has 3 aromatic rings. The zero-order valence-corrected chi connectivity index (χ0v) is 20.4. The molecule has 8 nitrogen and oxygen atoms in total. The highest BCUT2D eigenvalue weighted by atomic mass is 32.1. The molecule has 34 heavy (non-hydrogen) atoms. The molecule has 0 saturated carbocycles. The Morgan fingerprint density at radius 3 is 2.35 bits per heavy atom. The molecule has 0 spiro atoms. The van der Waals surface area contributed by atoms with E-state index in [2.05, 4.69) is 26.9 Å². The molecule has 0 radical (unpaired) electrons. The van der Waals surface area contributed by atoms with Crippen LogP contribution in [0.1, 0.15) is 52.7 Å². The first-order valence-corrected chi connectivity index (χ1v) is 12.0. The standard InChI is InChI=1S/C25H27N5O3S/c1-14(2)22(32)26-19-7-5-17(6-8-19)23(33)27-25-29-28-24(34-25)18-12-21(31)30(13-18)20-10-15(3)9-16(4)11-20/h5-11,14,18H,12-13H2,1-4H3,(H,26,32)(H,27,29,33)/t18-/m0/s1. The Hall–Kier alpha value is -3.59. The van der Waals surface area contributed by atoms with Crippen molar-refractivity contribution >= 4 is 45.6 Å². The molecule has 1 aliphatic rings. The molecule has 2 aromatic carbocycles. The maximum Gasteiger partial charge on any atom is 0.257 e. The minimum Gasteiger partial charge on any atom is -0.326 e. The first kappa shape index (κ1) is 23.6. The summed E-state index contributed by atoms with van der Waals surface area (Å²) < 4.78 is 0. The second-order valence-corrected chi connectivity index (χ2v) is 9.88. The number of rotatable bonds is 6. The van der Waals surface area contributed by atoms with Crippen molar-refractivity contribution in [1.82, 2.24) is 10.2 Å². The summed E-state index contributed by atoms with van der Waals surface area (Å²) in [5.74, 6) is -0.539. The van der Waals surface area contributed by atoms with Gasteiger partial charge in [-0.15, -0.1) is 10.2 Å². The van der Waals surface area contributed by atoms with Crippen molar-refractivity contribution in [3.05, 3.63) is 64.2 Å². The number of hydrogen-bond donors (Lipinski definition) is 2. The van der Waals surface area contributed by atoms with Crippen LogP contribution in [0.4, 0.5) is 16.5 Å². The third kappa shape index (κ3) is 5.31. The molecular weight excluding hydrogens is 450 g/mol. The number of anilines is 3. The van der Waals surface area contributed by atoms with Crippen LogP contribution in [-0.4, -0.2) is 34.5 Å². The maximum absolute atomic E-state index is 12.7. The molecule has 0 bridgehead atoms. The van der Waals surface area contributed by atoms with Gasteiger partial charge >= 0.3 is 0 Å². The Morgan fingerprint density at radius 1 is 1.03 bits per heavy atom. The normalized spacial score (nSPS) is 15.6. The molecule has 1 atom stereocenters. The van der Waals surface area contributed by atoms with E-state index in [1.54, 1.807) is 29.2 Å². The topological polar surface area (TPSA) is 104 Å². The number of amides is 3. The van der Waals surface area contributed by atoms with Crippen molar-refractivity contribution in [2.24, 2.45) is 5.92 Å². The minimum atomic E-state index is -0.316. The van der Waals surface area contributed by atoms with Gasteiger partial charge in [-0.3, -0.25) is 19.7 Å². The molecule has 1 fully saturated rings. The van der Waals surface area contributed by atoms with Crippen LogP contribution in [-0.2, 0) is 9.59 Å². The Bertz CT molecular complexity index is 1220. The first-order valence-electron chi connectivity index (χ1n) is 11.1. The lowest BCUT2D eigenvalue weighted by atomic mass is 10.1. The second-order valence-electron chi connectivity index (χ2n) is 8.87. The van der Waals surface area contributed by atoms with Crippen LogP contribution < -0.4 is 15.5 Å². The van der Waals surface area contributed by atoms with Gasteiger partial charge in [-0.1, -0.05) is 31.3 Å². The van der Waals surface area contributed by atoms with E-state index in [-0.39, 0.29) is 29.6 Å². The van der Waals surface area contributed by atoms with E-state index in [9.17, 15) is 14.4 Å².